The Morgan fingerprint density at radius 2 is 1.12 bits per heavy atom. The fourth-order valence-electron chi connectivity index (χ4n) is 9.29. The average molecular weight is 979 g/mol. The summed E-state index contributed by atoms with van der Waals surface area (Å²) < 4.78 is 5.54. The van der Waals surface area contributed by atoms with Crippen molar-refractivity contribution in [1.29, 1.82) is 0 Å². The lowest BCUT2D eigenvalue weighted by molar-refractivity contribution is -0.120. The summed E-state index contributed by atoms with van der Waals surface area (Å²) in [5.74, 6) is 3.26. The van der Waals surface area contributed by atoms with Crippen LogP contribution in [0, 0.1) is 18.8 Å². The summed E-state index contributed by atoms with van der Waals surface area (Å²) in [6.45, 7) is 3.72. The van der Waals surface area contributed by atoms with Gasteiger partial charge in [0.05, 0.1) is 50.9 Å². The zero-order chi connectivity index (χ0) is 47.5. The van der Waals surface area contributed by atoms with Crippen molar-refractivity contribution in [3.8, 4) is 22.0 Å². The van der Waals surface area contributed by atoms with Crippen LogP contribution < -0.4 is 10.6 Å². The van der Waals surface area contributed by atoms with Crippen LogP contribution >= 0.6 is 34.9 Å². The Balaban J connectivity index is 0.000000172. The predicted octanol–water partition coefficient (Wildman–Crippen LogP) is 9.97. The lowest BCUT2D eigenvalue weighted by Crippen LogP contribution is -2.33. The van der Waals surface area contributed by atoms with Crippen molar-refractivity contribution in [3.63, 3.8) is 0 Å². The maximum Gasteiger partial charge on any atom is 0.201 e. The molecule has 0 aromatic carbocycles. The number of nitrogens with zero attached hydrogens (tertiary/aromatic N) is 6. The molecule has 10 rings (SSSR count). The van der Waals surface area contributed by atoms with Crippen LogP contribution in [0.5, 0.6) is 0 Å². The van der Waals surface area contributed by atoms with Crippen LogP contribution in [-0.2, 0) is 45.1 Å². The number of Topliss-reactive ketones (excluding diaryl/α,β-unsaturated/α-hetero) is 2. The zero-order valence-electron chi connectivity index (χ0n) is 38.5. The summed E-state index contributed by atoms with van der Waals surface area (Å²) in [6, 6.07) is 20.9. The molecule has 4 fully saturated rings. The fourth-order valence-corrected chi connectivity index (χ4v) is 11.8. The SMILES string of the molecule is Cc1ccc(-c2ncccc2CNC2CCC(Cc3nccc(/C=C4\SC(=O)CC4=O)n3)CC2)s1.O=C1CC(=O)/C(=C/c2ccnc(CC3CCC(NCc4cccnc4-c4ccco4)CC3)n2)S1. The number of thioether (sulfide) groups is 2. The van der Waals surface area contributed by atoms with Gasteiger partial charge in [-0.05, 0) is 165 Å². The van der Waals surface area contributed by atoms with E-state index in [1.165, 1.54) is 15.3 Å². The molecule has 13 nitrogen and oxygen atoms in total. The summed E-state index contributed by atoms with van der Waals surface area (Å²) in [5.41, 5.74) is 5.75. The first kappa shape index (κ1) is 48.3. The monoisotopic (exact) mass is 978 g/mol. The van der Waals surface area contributed by atoms with E-state index in [0.717, 1.165) is 135 Å². The molecule has 0 bridgehead atoms. The van der Waals surface area contributed by atoms with Gasteiger partial charge in [0.1, 0.15) is 17.3 Å². The lowest BCUT2D eigenvalue weighted by atomic mass is 9.84. The van der Waals surface area contributed by atoms with Crippen LogP contribution in [0.25, 0.3) is 34.2 Å². The molecule has 69 heavy (non-hydrogen) atoms. The predicted molar refractivity (Wildman–Crippen MR) is 271 cm³/mol. The maximum atomic E-state index is 11.9. The van der Waals surface area contributed by atoms with Crippen molar-refractivity contribution in [2.45, 2.75) is 109 Å². The van der Waals surface area contributed by atoms with Crippen molar-refractivity contribution in [3.05, 3.63) is 141 Å². The van der Waals surface area contributed by atoms with Crippen LogP contribution in [0.15, 0.2) is 106 Å². The van der Waals surface area contributed by atoms with Gasteiger partial charge in [-0.2, -0.15) is 0 Å². The molecule has 6 aromatic heterocycles. The molecule has 0 radical (unpaired) electrons. The second-order valence-electron chi connectivity index (χ2n) is 18.0. The molecular formula is C53H54N8O5S3. The van der Waals surface area contributed by atoms with Crippen LogP contribution in [0.4, 0.5) is 0 Å². The van der Waals surface area contributed by atoms with E-state index in [1.54, 1.807) is 60.5 Å². The van der Waals surface area contributed by atoms with Gasteiger partial charge in [0, 0.05) is 67.7 Å². The van der Waals surface area contributed by atoms with Crippen molar-refractivity contribution < 1.29 is 23.6 Å². The van der Waals surface area contributed by atoms with Gasteiger partial charge in [-0.25, -0.2) is 19.9 Å². The first-order valence-electron chi connectivity index (χ1n) is 23.7. The molecule has 2 aliphatic carbocycles. The van der Waals surface area contributed by atoms with Crippen molar-refractivity contribution in [2.24, 2.45) is 11.8 Å². The molecule has 2 saturated heterocycles. The molecule has 8 heterocycles. The van der Waals surface area contributed by atoms with E-state index in [9.17, 15) is 19.2 Å². The second kappa shape index (κ2) is 23.2. The summed E-state index contributed by atoms with van der Waals surface area (Å²) in [6.07, 6.45) is 22.9. The number of aromatic nitrogens is 6. The van der Waals surface area contributed by atoms with Gasteiger partial charge in [-0.15, -0.1) is 11.3 Å². The number of ketones is 2. The highest BCUT2D eigenvalue weighted by Crippen LogP contribution is 2.34. The summed E-state index contributed by atoms with van der Waals surface area (Å²) in [4.78, 5) is 77.5. The minimum atomic E-state index is -0.122. The molecule has 16 heteroatoms. The molecule has 2 N–H and O–H groups in total. The van der Waals surface area contributed by atoms with Gasteiger partial charge in [-0.1, -0.05) is 12.1 Å². The Hall–Kier alpha value is -5.78. The summed E-state index contributed by atoms with van der Waals surface area (Å²) >= 11 is 3.81. The smallest absolute Gasteiger partial charge is 0.201 e. The van der Waals surface area contributed by atoms with Gasteiger partial charge in [0.2, 0.25) is 10.2 Å². The number of furan rings is 1. The summed E-state index contributed by atoms with van der Waals surface area (Å²) in [5, 5.41) is 7.26. The first-order chi connectivity index (χ1) is 33.7. The van der Waals surface area contributed by atoms with E-state index in [2.05, 4.69) is 71.7 Å². The highest BCUT2D eigenvalue weighted by molar-refractivity contribution is 8.19. The number of thiophene rings is 1. The van der Waals surface area contributed by atoms with Crippen LogP contribution in [-0.4, -0.2) is 63.8 Å². The third-order valence-corrected chi connectivity index (χ3v) is 15.8. The standard InChI is InChI=1S/C27H28N4O2S2.C26H26N4O3S/c1-17-4-9-23(34-17)27-19(3-2-11-29-27)16-30-20-7-5-18(6-8-20)13-25-28-12-10-21(31-25)14-24-22(32)15-26(33)35-24;31-21-15-25(32)34-23(21)14-20-9-11-27-24(30-20)13-17-5-7-19(8-6-17)29-16-18-3-1-10-28-26(18)22-4-2-12-33-22/h2-4,9-12,14,18,20,30H,5-8,13,15-16H2,1H3;1-4,9-12,14,17,19,29H,5-8,13,15-16H2/b24-14-;23-14-. The molecule has 6 aromatic rings. The third kappa shape index (κ3) is 13.3. The molecule has 0 amide bonds. The molecular weight excluding hydrogens is 925 g/mol. The van der Waals surface area contributed by atoms with Crippen molar-refractivity contribution in [1.82, 2.24) is 40.5 Å². The van der Waals surface area contributed by atoms with E-state index in [4.69, 9.17) is 4.42 Å². The normalized spacial score (nSPS) is 21.8. The first-order valence-corrected chi connectivity index (χ1v) is 26.1. The molecule has 354 valence electrons. The van der Waals surface area contributed by atoms with E-state index < -0.39 is 0 Å². The molecule has 0 spiro atoms. The number of nitrogens with one attached hydrogen (secondary N) is 2. The van der Waals surface area contributed by atoms with Crippen molar-refractivity contribution >= 4 is 68.8 Å². The molecule has 0 unspecified atom stereocenters. The maximum absolute atomic E-state index is 11.9. The molecule has 0 atom stereocenters. The zero-order valence-corrected chi connectivity index (χ0v) is 40.9. The number of carbonyl (C=O) groups is 4. The van der Waals surface area contributed by atoms with E-state index in [1.807, 2.05) is 30.5 Å². The van der Waals surface area contributed by atoms with Crippen LogP contribution in [0.2, 0.25) is 0 Å². The number of allylic oxidation sites excluding steroid dienone is 2. The summed E-state index contributed by atoms with van der Waals surface area (Å²) in [7, 11) is 0. The number of aryl methyl sites for hydroxylation is 1. The average Bonchev–Trinajstić information content (AvgIpc) is 4.18. The molecule has 2 aliphatic heterocycles. The van der Waals surface area contributed by atoms with E-state index in [0.29, 0.717) is 45.1 Å². The highest BCUT2D eigenvalue weighted by atomic mass is 32.2. The van der Waals surface area contributed by atoms with E-state index in [-0.39, 0.29) is 34.6 Å². The van der Waals surface area contributed by atoms with Crippen molar-refractivity contribution in [2.75, 3.05) is 0 Å². The van der Waals surface area contributed by atoms with Gasteiger partial charge >= 0.3 is 0 Å². The highest BCUT2D eigenvalue weighted by Gasteiger charge is 2.28. The molecule has 2 saturated carbocycles. The third-order valence-electron chi connectivity index (χ3n) is 12.9. The van der Waals surface area contributed by atoms with Gasteiger partial charge < -0.3 is 15.1 Å². The topological polar surface area (TPSA) is 183 Å². The van der Waals surface area contributed by atoms with Crippen LogP contribution in [0.3, 0.4) is 0 Å². The lowest BCUT2D eigenvalue weighted by Gasteiger charge is -2.29. The Labute approximate surface area is 414 Å². The van der Waals surface area contributed by atoms with Gasteiger partial charge in [-0.3, -0.25) is 29.1 Å². The number of hydrogen-bond acceptors (Lipinski definition) is 16. The Morgan fingerprint density at radius 1 is 0.594 bits per heavy atom. The number of rotatable bonds is 14. The quantitative estimate of drug-likeness (QED) is 0.0776. The Bertz CT molecular complexity index is 2850. The molecule has 4 aliphatic rings. The minimum absolute atomic E-state index is 0.0124. The second-order valence-corrected chi connectivity index (χ2v) is 21.5. The fraction of sp³-hybridized carbons (Fsp3) is 0.358. The minimum Gasteiger partial charge on any atom is -0.463 e. The van der Waals surface area contributed by atoms with Gasteiger partial charge in [0.25, 0.3) is 0 Å². The Kier molecular flexibility index (Phi) is 16.2. The number of carbonyl (C=O) groups excluding carboxylic acids is 4. The van der Waals surface area contributed by atoms with Crippen LogP contribution in [0.1, 0.15) is 103 Å². The van der Waals surface area contributed by atoms with E-state index >= 15 is 0 Å². The number of pyridine rings is 2. The Morgan fingerprint density at radius 3 is 1.58 bits per heavy atom. The van der Waals surface area contributed by atoms with Gasteiger partial charge in [0.15, 0.2) is 17.3 Å². The number of hydrogen-bond donors (Lipinski definition) is 2. The largest absolute Gasteiger partial charge is 0.463 e.